The number of carbonyl (C=O) groups is 3. The number of rotatable bonds is 5. The molecule has 1 aliphatic heterocycles. The number of carbonyl (C=O) groups excluding carboxylic acids is 3. The zero-order valence-electron chi connectivity index (χ0n) is 13.7. The minimum Gasteiger partial charge on any atom is -0.465 e. The molecule has 11 heteroatoms. The molecule has 0 saturated heterocycles. The summed E-state index contributed by atoms with van der Waals surface area (Å²) in [7, 11) is 0. The van der Waals surface area contributed by atoms with Gasteiger partial charge >= 0.3 is 18.0 Å². The maximum absolute atomic E-state index is 12.2. The average Bonchev–Trinajstić information content (AvgIpc) is 2.57. The van der Waals surface area contributed by atoms with Gasteiger partial charge in [-0.3, -0.25) is 4.79 Å². The Kier molecular flexibility index (Phi) is 6.80. The number of ether oxygens (including phenoxy) is 2. The molecule has 0 aliphatic carbocycles. The van der Waals surface area contributed by atoms with Crippen molar-refractivity contribution in [2.24, 2.45) is 10.9 Å². The molecule has 2 amide bonds. The first-order valence-corrected chi connectivity index (χ1v) is 8.60. The van der Waals surface area contributed by atoms with Crippen LogP contribution in [0.25, 0.3) is 0 Å². The summed E-state index contributed by atoms with van der Waals surface area (Å²) in [5.41, 5.74) is -0.188. The van der Waals surface area contributed by atoms with Crippen molar-refractivity contribution in [3.63, 3.8) is 0 Å². The molecule has 8 nitrogen and oxygen atoms in total. The highest BCUT2D eigenvalue weighted by atomic mass is 35.5. The van der Waals surface area contributed by atoms with Gasteiger partial charge in [-0.05, 0) is 13.8 Å². The number of halogens is 3. The number of hydrogen-bond acceptors (Lipinski definition) is 6. The molecule has 1 aromatic rings. The molecular weight excluding hydrogens is 409 g/mol. The fourth-order valence-corrected chi connectivity index (χ4v) is 2.84. The van der Waals surface area contributed by atoms with Gasteiger partial charge in [0.15, 0.2) is 5.69 Å². The minimum absolute atomic E-state index is 0.0392. The third-order valence-electron chi connectivity index (χ3n) is 3.46. The van der Waals surface area contributed by atoms with Crippen LogP contribution in [0, 0.1) is 5.92 Å². The summed E-state index contributed by atoms with van der Waals surface area (Å²) < 4.78 is 10.1. The summed E-state index contributed by atoms with van der Waals surface area (Å²) in [5.74, 6) is -2.37. The van der Waals surface area contributed by atoms with Crippen molar-refractivity contribution in [1.29, 1.82) is 0 Å². The Balaban J connectivity index is 2.17. The summed E-state index contributed by atoms with van der Waals surface area (Å²) in [4.78, 5) is 43.4. The van der Waals surface area contributed by atoms with Gasteiger partial charge in [0.05, 0.1) is 27.4 Å². The van der Waals surface area contributed by atoms with E-state index in [2.05, 4.69) is 15.3 Å². The maximum atomic E-state index is 12.2. The van der Waals surface area contributed by atoms with E-state index in [9.17, 15) is 14.4 Å². The van der Waals surface area contributed by atoms with Crippen molar-refractivity contribution in [2.45, 2.75) is 19.9 Å². The lowest BCUT2D eigenvalue weighted by Gasteiger charge is -2.27. The molecule has 140 valence electrons. The normalized spacial score (nSPS) is 19.4. The van der Waals surface area contributed by atoms with Crippen molar-refractivity contribution < 1.29 is 23.9 Å². The second-order valence-electron chi connectivity index (χ2n) is 5.23. The van der Waals surface area contributed by atoms with Gasteiger partial charge < -0.3 is 14.8 Å². The molecule has 0 bridgehead atoms. The van der Waals surface area contributed by atoms with Gasteiger partial charge in [0.1, 0.15) is 12.5 Å². The van der Waals surface area contributed by atoms with E-state index >= 15 is 0 Å². The summed E-state index contributed by atoms with van der Waals surface area (Å²) in [6.07, 6.45) is 1.15. The first kappa shape index (κ1) is 20.4. The van der Waals surface area contributed by atoms with Crippen molar-refractivity contribution in [2.75, 3.05) is 13.2 Å². The van der Waals surface area contributed by atoms with E-state index in [1.54, 1.807) is 13.8 Å². The lowest BCUT2D eigenvalue weighted by Crippen LogP contribution is -2.50. The molecule has 1 N–H and O–H groups in total. The van der Waals surface area contributed by atoms with Crippen LogP contribution in [0.3, 0.4) is 0 Å². The highest BCUT2D eigenvalue weighted by molar-refractivity contribution is 6.48. The summed E-state index contributed by atoms with van der Waals surface area (Å²) in [6.45, 7) is 3.01. The van der Waals surface area contributed by atoms with E-state index in [-0.39, 0.29) is 33.1 Å². The Hall–Kier alpha value is -1.90. The Morgan fingerprint density at radius 2 is 1.92 bits per heavy atom. The van der Waals surface area contributed by atoms with Gasteiger partial charge in [-0.2, -0.15) is 4.99 Å². The molecule has 0 saturated carbocycles. The largest absolute Gasteiger partial charge is 0.465 e. The number of amides is 2. The molecular formula is C15H14Cl3N3O5. The zero-order chi connectivity index (χ0) is 19.4. The number of aliphatic imine (C=N–C) groups is 1. The van der Waals surface area contributed by atoms with E-state index < -0.39 is 36.5 Å². The monoisotopic (exact) mass is 421 g/mol. The fraction of sp³-hybridized carbons (Fsp3) is 0.400. The number of nitrogens with one attached hydrogen (secondary N) is 1. The van der Waals surface area contributed by atoms with Crippen LogP contribution in [0.2, 0.25) is 15.1 Å². The molecule has 2 rings (SSSR count). The van der Waals surface area contributed by atoms with Crippen LogP contribution < -0.4 is 5.32 Å². The second kappa shape index (κ2) is 8.66. The van der Waals surface area contributed by atoms with Crippen LogP contribution in [0.1, 0.15) is 24.3 Å². The summed E-state index contributed by atoms with van der Waals surface area (Å²) in [6, 6.07) is -1.21. The SMILES string of the molecule is CCOC(=O)C1C(COC(=O)c2ncc(Cl)c(Cl)c2Cl)=NC(=O)NC1C. The molecule has 0 aromatic carbocycles. The van der Waals surface area contributed by atoms with Crippen molar-refractivity contribution in [1.82, 2.24) is 10.3 Å². The van der Waals surface area contributed by atoms with Crippen LogP contribution in [0.4, 0.5) is 4.79 Å². The van der Waals surface area contributed by atoms with Crippen LogP contribution in [0.5, 0.6) is 0 Å². The van der Waals surface area contributed by atoms with Gasteiger partial charge in [0.25, 0.3) is 0 Å². The average molecular weight is 423 g/mol. The zero-order valence-corrected chi connectivity index (χ0v) is 16.0. The summed E-state index contributed by atoms with van der Waals surface area (Å²) in [5, 5.41) is 2.39. The number of pyridine rings is 1. The van der Waals surface area contributed by atoms with Gasteiger partial charge in [0.2, 0.25) is 0 Å². The first-order chi connectivity index (χ1) is 12.3. The Morgan fingerprint density at radius 1 is 1.23 bits per heavy atom. The molecule has 1 aromatic heterocycles. The Bertz CT molecular complexity index is 784. The van der Waals surface area contributed by atoms with Crippen LogP contribution in [-0.4, -0.2) is 47.9 Å². The van der Waals surface area contributed by atoms with Gasteiger partial charge in [-0.15, -0.1) is 0 Å². The third kappa shape index (κ3) is 4.44. The van der Waals surface area contributed by atoms with Crippen molar-refractivity contribution >= 4 is 58.5 Å². The van der Waals surface area contributed by atoms with E-state index in [1.807, 2.05) is 0 Å². The van der Waals surface area contributed by atoms with E-state index in [1.165, 1.54) is 0 Å². The quantitative estimate of drug-likeness (QED) is 0.731. The van der Waals surface area contributed by atoms with E-state index in [4.69, 9.17) is 44.3 Å². The number of hydrogen-bond donors (Lipinski definition) is 1. The molecule has 2 heterocycles. The topological polar surface area (TPSA) is 107 Å². The van der Waals surface area contributed by atoms with E-state index in [0.29, 0.717) is 0 Å². The third-order valence-corrected chi connectivity index (χ3v) is 4.70. The number of esters is 2. The lowest BCUT2D eigenvalue weighted by atomic mass is 9.94. The second-order valence-corrected chi connectivity index (χ2v) is 6.39. The molecule has 1 aliphatic rings. The van der Waals surface area contributed by atoms with Gasteiger partial charge in [0, 0.05) is 12.2 Å². The molecule has 2 unspecified atom stereocenters. The van der Waals surface area contributed by atoms with Crippen LogP contribution in [-0.2, 0) is 14.3 Å². The van der Waals surface area contributed by atoms with Gasteiger partial charge in [-0.1, -0.05) is 34.8 Å². The number of aromatic nitrogens is 1. The van der Waals surface area contributed by atoms with Crippen LogP contribution in [0.15, 0.2) is 11.2 Å². The van der Waals surface area contributed by atoms with Crippen molar-refractivity contribution in [3.05, 3.63) is 27.0 Å². The molecule has 0 fully saturated rings. The minimum atomic E-state index is -0.905. The lowest BCUT2D eigenvalue weighted by molar-refractivity contribution is -0.146. The van der Waals surface area contributed by atoms with Crippen molar-refractivity contribution in [3.8, 4) is 0 Å². The van der Waals surface area contributed by atoms with Gasteiger partial charge in [-0.25, -0.2) is 14.6 Å². The smallest absolute Gasteiger partial charge is 0.358 e. The predicted molar refractivity (Wildman–Crippen MR) is 95.1 cm³/mol. The number of nitrogens with zero attached hydrogens (tertiary/aromatic N) is 2. The molecule has 2 atom stereocenters. The highest BCUT2D eigenvalue weighted by Gasteiger charge is 2.37. The maximum Gasteiger partial charge on any atom is 0.358 e. The first-order valence-electron chi connectivity index (χ1n) is 7.47. The molecule has 0 radical (unpaired) electrons. The molecule has 0 spiro atoms. The van der Waals surface area contributed by atoms with E-state index in [0.717, 1.165) is 6.20 Å². The predicted octanol–water partition coefficient (Wildman–Crippen LogP) is 2.93. The highest BCUT2D eigenvalue weighted by Crippen LogP contribution is 2.31. The fourth-order valence-electron chi connectivity index (χ4n) is 2.29. The Labute approximate surface area is 163 Å². The number of urea groups is 1. The standard InChI is InChI=1S/C15H14Cl3N3O5/c1-3-25-13(22)9-6(2)20-15(24)21-8(9)5-26-14(23)12-11(18)10(17)7(16)4-19-12/h4,6,9H,3,5H2,1-2H3,(H,20,24). The van der Waals surface area contributed by atoms with Crippen LogP contribution >= 0.6 is 34.8 Å². The Morgan fingerprint density at radius 3 is 2.58 bits per heavy atom. The molecule has 26 heavy (non-hydrogen) atoms. The summed E-state index contributed by atoms with van der Waals surface area (Å²) >= 11 is 17.6.